The van der Waals surface area contributed by atoms with E-state index in [-0.39, 0.29) is 0 Å². The molecule has 0 radical (unpaired) electrons. The lowest BCUT2D eigenvalue weighted by Crippen LogP contribution is -2.07. The molecule has 15 heavy (non-hydrogen) atoms. The van der Waals surface area contributed by atoms with Crippen molar-refractivity contribution < 1.29 is 18.8 Å². The van der Waals surface area contributed by atoms with Crippen LogP contribution in [-0.2, 0) is 4.79 Å². The minimum atomic E-state index is -0.973. The molecular formula is C9H6FNO4. The molecule has 0 saturated carbocycles. The zero-order valence-electron chi connectivity index (χ0n) is 7.47. The Hall–Kier alpha value is -2.24. The molecule has 0 N–H and O–H groups in total. The fourth-order valence-electron chi connectivity index (χ4n) is 0.885. The lowest BCUT2D eigenvalue weighted by atomic mass is 10.3. The van der Waals surface area contributed by atoms with Crippen molar-refractivity contribution in [2.45, 2.75) is 0 Å². The van der Waals surface area contributed by atoms with Gasteiger partial charge < -0.3 is 4.74 Å². The number of esters is 1. The van der Waals surface area contributed by atoms with E-state index in [1.54, 1.807) is 0 Å². The average molecular weight is 211 g/mol. The average Bonchev–Trinajstić information content (AvgIpc) is 2.20. The van der Waals surface area contributed by atoms with E-state index in [9.17, 15) is 19.3 Å². The van der Waals surface area contributed by atoms with Crippen LogP contribution in [-0.4, -0.2) is 10.9 Å². The maximum Gasteiger partial charge on any atom is 0.335 e. The van der Waals surface area contributed by atoms with Crippen molar-refractivity contribution in [2.75, 3.05) is 0 Å². The highest BCUT2D eigenvalue weighted by Crippen LogP contribution is 2.29. The van der Waals surface area contributed by atoms with Gasteiger partial charge >= 0.3 is 11.7 Å². The van der Waals surface area contributed by atoms with E-state index in [1.165, 1.54) is 0 Å². The second kappa shape index (κ2) is 4.32. The second-order valence-corrected chi connectivity index (χ2v) is 2.47. The topological polar surface area (TPSA) is 69.4 Å². The summed E-state index contributed by atoms with van der Waals surface area (Å²) in [6, 6.07) is 3.15. The quantitative estimate of drug-likeness (QED) is 0.251. The Bertz CT molecular complexity index is 430. The van der Waals surface area contributed by atoms with Crippen LogP contribution in [0.25, 0.3) is 0 Å². The van der Waals surface area contributed by atoms with Crippen LogP contribution in [0.3, 0.4) is 0 Å². The standard InChI is InChI=1S/C9H6FNO4/c1-2-8(12)15-9-6(10)4-3-5-7(9)11(13)14/h2-5H,1H2. The molecular weight excluding hydrogens is 205 g/mol. The molecule has 0 fully saturated rings. The van der Waals surface area contributed by atoms with Gasteiger partial charge in [0.2, 0.25) is 5.75 Å². The van der Waals surface area contributed by atoms with Crippen molar-refractivity contribution in [3.8, 4) is 5.75 Å². The molecule has 0 atom stereocenters. The van der Waals surface area contributed by atoms with E-state index in [0.29, 0.717) is 0 Å². The van der Waals surface area contributed by atoms with Crippen molar-refractivity contribution in [1.82, 2.24) is 0 Å². The number of hydrogen-bond donors (Lipinski definition) is 0. The first-order valence-corrected chi connectivity index (χ1v) is 3.83. The Kier molecular flexibility index (Phi) is 3.12. The molecule has 0 aromatic heterocycles. The number of para-hydroxylation sites is 1. The lowest BCUT2D eigenvalue weighted by Gasteiger charge is -2.02. The molecule has 1 rings (SSSR count). The molecule has 0 saturated heterocycles. The summed E-state index contributed by atoms with van der Waals surface area (Å²) in [6.45, 7) is 3.09. The van der Waals surface area contributed by atoms with Gasteiger partial charge in [0.25, 0.3) is 0 Å². The molecule has 1 aromatic rings. The summed E-state index contributed by atoms with van der Waals surface area (Å²) >= 11 is 0. The summed E-state index contributed by atoms with van der Waals surface area (Å²) in [5, 5.41) is 10.5. The predicted octanol–water partition coefficient (Wildman–Crippen LogP) is 1.83. The molecule has 5 nitrogen and oxygen atoms in total. The van der Waals surface area contributed by atoms with Crippen molar-refractivity contribution in [3.05, 3.63) is 46.8 Å². The number of benzene rings is 1. The van der Waals surface area contributed by atoms with E-state index in [1.807, 2.05) is 0 Å². The van der Waals surface area contributed by atoms with Gasteiger partial charge in [0, 0.05) is 12.1 Å². The third-order valence-electron chi connectivity index (χ3n) is 1.51. The molecule has 0 amide bonds. The summed E-state index contributed by atoms with van der Waals surface area (Å²) in [5.41, 5.74) is -0.606. The number of carbonyl (C=O) groups excluding carboxylic acids is 1. The molecule has 0 spiro atoms. The van der Waals surface area contributed by atoms with Gasteiger partial charge in [-0.2, -0.15) is 0 Å². The molecule has 0 aliphatic rings. The van der Waals surface area contributed by atoms with Gasteiger partial charge in [-0.05, 0) is 6.07 Å². The summed E-state index contributed by atoms with van der Waals surface area (Å²) < 4.78 is 17.5. The van der Waals surface area contributed by atoms with E-state index in [0.717, 1.165) is 24.3 Å². The minimum absolute atomic E-state index is 0.606. The van der Waals surface area contributed by atoms with E-state index >= 15 is 0 Å². The van der Waals surface area contributed by atoms with Gasteiger partial charge in [0.15, 0.2) is 5.82 Å². The highest BCUT2D eigenvalue weighted by molar-refractivity contribution is 5.84. The molecule has 0 heterocycles. The summed E-state index contributed by atoms with van der Waals surface area (Å²) in [5.74, 6) is -2.63. The monoisotopic (exact) mass is 211 g/mol. The van der Waals surface area contributed by atoms with Crippen molar-refractivity contribution >= 4 is 11.7 Å². The second-order valence-electron chi connectivity index (χ2n) is 2.47. The molecule has 1 aromatic carbocycles. The predicted molar refractivity (Wildman–Crippen MR) is 48.9 cm³/mol. The number of nitrogens with zero attached hydrogens (tertiary/aromatic N) is 1. The van der Waals surface area contributed by atoms with Crippen molar-refractivity contribution in [3.63, 3.8) is 0 Å². The first-order valence-electron chi connectivity index (χ1n) is 3.83. The van der Waals surface area contributed by atoms with Crippen LogP contribution in [0.5, 0.6) is 5.75 Å². The first-order chi connectivity index (χ1) is 7.06. The summed E-state index contributed by atoms with van der Waals surface area (Å²) in [6.07, 6.45) is 0.788. The van der Waals surface area contributed by atoms with Crippen molar-refractivity contribution in [1.29, 1.82) is 0 Å². The largest absolute Gasteiger partial charge is 0.413 e. The maximum absolute atomic E-state index is 13.1. The van der Waals surface area contributed by atoms with Crippen LogP contribution < -0.4 is 4.74 Å². The number of halogens is 1. The fraction of sp³-hybridized carbons (Fsp3) is 0. The smallest absolute Gasteiger partial charge is 0.335 e. The fourth-order valence-corrected chi connectivity index (χ4v) is 0.885. The normalized spacial score (nSPS) is 9.40. The number of nitro benzene ring substituents is 1. The molecule has 78 valence electrons. The highest BCUT2D eigenvalue weighted by Gasteiger charge is 2.21. The molecule has 0 unspecified atom stereocenters. The van der Waals surface area contributed by atoms with Gasteiger partial charge in [-0.15, -0.1) is 0 Å². The van der Waals surface area contributed by atoms with Crippen LogP contribution >= 0.6 is 0 Å². The molecule has 0 bridgehead atoms. The van der Waals surface area contributed by atoms with E-state index < -0.39 is 28.1 Å². The van der Waals surface area contributed by atoms with Crippen LogP contribution in [0, 0.1) is 15.9 Å². The van der Waals surface area contributed by atoms with Gasteiger partial charge in [-0.1, -0.05) is 12.6 Å². The zero-order chi connectivity index (χ0) is 11.4. The van der Waals surface area contributed by atoms with Gasteiger partial charge in [0.05, 0.1) is 4.92 Å². The molecule has 6 heteroatoms. The number of hydrogen-bond acceptors (Lipinski definition) is 4. The highest BCUT2D eigenvalue weighted by atomic mass is 19.1. The third kappa shape index (κ3) is 2.37. The summed E-state index contributed by atoms with van der Waals surface area (Å²) in [4.78, 5) is 20.4. The van der Waals surface area contributed by atoms with Crippen LogP contribution in [0.1, 0.15) is 0 Å². The number of nitro groups is 1. The Balaban J connectivity index is 3.18. The van der Waals surface area contributed by atoms with Gasteiger partial charge in [-0.25, -0.2) is 9.18 Å². The number of carbonyl (C=O) groups is 1. The van der Waals surface area contributed by atoms with E-state index in [2.05, 4.69) is 11.3 Å². The third-order valence-corrected chi connectivity index (χ3v) is 1.51. The maximum atomic E-state index is 13.1. The van der Waals surface area contributed by atoms with Crippen LogP contribution in [0.4, 0.5) is 10.1 Å². The minimum Gasteiger partial charge on any atom is -0.413 e. The molecule has 0 aliphatic carbocycles. The van der Waals surface area contributed by atoms with E-state index in [4.69, 9.17) is 0 Å². The Morgan fingerprint density at radius 2 is 2.27 bits per heavy atom. The number of ether oxygens (including phenoxy) is 1. The Morgan fingerprint density at radius 1 is 1.60 bits per heavy atom. The Labute approximate surface area is 83.9 Å². The van der Waals surface area contributed by atoms with Crippen LogP contribution in [0.2, 0.25) is 0 Å². The summed E-state index contributed by atoms with van der Waals surface area (Å²) in [7, 11) is 0. The van der Waals surface area contributed by atoms with Crippen molar-refractivity contribution in [2.24, 2.45) is 0 Å². The lowest BCUT2D eigenvalue weighted by molar-refractivity contribution is -0.385. The molecule has 0 aliphatic heterocycles. The Morgan fingerprint density at radius 3 is 2.80 bits per heavy atom. The zero-order valence-corrected chi connectivity index (χ0v) is 7.47. The SMILES string of the molecule is C=CC(=O)Oc1c(F)cccc1[N+](=O)[O-]. The van der Waals surface area contributed by atoms with Gasteiger partial charge in [-0.3, -0.25) is 10.1 Å². The van der Waals surface area contributed by atoms with Gasteiger partial charge in [0.1, 0.15) is 0 Å². The first kappa shape index (κ1) is 10.8. The van der Waals surface area contributed by atoms with Crippen LogP contribution in [0.15, 0.2) is 30.9 Å². The number of rotatable bonds is 3.